The summed E-state index contributed by atoms with van der Waals surface area (Å²) in [5.74, 6) is 1.95. The molecule has 60 heavy (non-hydrogen) atoms. The predicted molar refractivity (Wildman–Crippen MR) is 248 cm³/mol. The minimum atomic E-state index is 0. The number of hydrogen-bond acceptors (Lipinski definition) is 4. The third kappa shape index (κ3) is 7.54. The second-order valence-electron chi connectivity index (χ2n) is 19.7. The summed E-state index contributed by atoms with van der Waals surface area (Å²) in [6.45, 7) is 23.1. The van der Waals surface area contributed by atoms with Crippen LogP contribution in [0.2, 0.25) is 0 Å². The van der Waals surface area contributed by atoms with Crippen LogP contribution in [0.15, 0.2) is 114 Å². The maximum absolute atomic E-state index is 5.21. The number of nitrogens with zero attached hydrogens (tertiary/aromatic N) is 4. The molecule has 9 rings (SSSR count). The number of rotatable bonds is 6. The van der Waals surface area contributed by atoms with Crippen molar-refractivity contribution in [2.45, 2.75) is 104 Å². The zero-order valence-corrected chi connectivity index (χ0v) is 40.3. The molecule has 1 radical (unpaired) electrons. The molecular weight excluding hydrogens is 977 g/mol. The second-order valence-corrected chi connectivity index (χ2v) is 20.5. The van der Waals surface area contributed by atoms with Crippen LogP contribution in [0.4, 0.5) is 0 Å². The van der Waals surface area contributed by atoms with Crippen LogP contribution < -0.4 is 0 Å². The van der Waals surface area contributed by atoms with Crippen LogP contribution in [-0.2, 0) is 41.8 Å². The van der Waals surface area contributed by atoms with E-state index in [1.54, 1.807) is 0 Å². The van der Waals surface area contributed by atoms with Crippen molar-refractivity contribution in [1.82, 2.24) is 19.9 Å². The summed E-state index contributed by atoms with van der Waals surface area (Å²) >= 11 is 3.92. The first kappa shape index (κ1) is 42.1. The van der Waals surface area contributed by atoms with E-state index in [1.165, 1.54) is 44.5 Å². The van der Waals surface area contributed by atoms with Crippen molar-refractivity contribution in [2.24, 2.45) is 0 Å². The summed E-state index contributed by atoms with van der Waals surface area (Å²) in [5, 5.41) is 0. The molecule has 0 atom stereocenters. The molecule has 0 saturated heterocycles. The van der Waals surface area contributed by atoms with Gasteiger partial charge in [0.1, 0.15) is 0 Å². The first-order chi connectivity index (χ1) is 27.9. The number of halogens is 1. The van der Waals surface area contributed by atoms with Gasteiger partial charge in [-0.05, 0) is 99.6 Å². The van der Waals surface area contributed by atoms with Crippen molar-refractivity contribution in [3.8, 4) is 67.7 Å². The van der Waals surface area contributed by atoms with E-state index < -0.39 is 0 Å². The summed E-state index contributed by atoms with van der Waals surface area (Å²) < 4.78 is 0.988. The van der Waals surface area contributed by atoms with Gasteiger partial charge in [-0.3, -0.25) is 0 Å². The standard InChI is InChI=1S/C54H52BrN4.Ir/c1-32-23-33(2)25-38(24-32)39-13-11-12-14-40(39)41-19-15-34(28-46(41)55)47-22-18-37(29-56-47)50-58-48(35-16-20-42-44(26-35)53(7,8)30-51(42,3)4)57-49(59-50)36-17-21-43-45(27-36)54(9,10)31-52(43,5)6;/h11-14,16-29H,30-31H2,1-10H3;/q-1;. The number of aromatic nitrogens is 4. The molecule has 0 aliphatic heterocycles. The predicted octanol–water partition coefficient (Wildman–Crippen LogP) is 14.4. The van der Waals surface area contributed by atoms with Crippen molar-refractivity contribution >= 4 is 15.9 Å². The van der Waals surface area contributed by atoms with Crippen molar-refractivity contribution in [2.75, 3.05) is 0 Å². The SMILES string of the molecule is Cc1cc(C)cc(-c2ccccc2-c2c[c-]c(-c3ccc(-c4nc(-c5ccc6c(c5)C(C)(C)CC6(C)C)nc(-c5ccc6c(c5)C(C)(C)CC6(C)C)n4)cn3)cc2Br)c1.[Ir]. The molecule has 7 aromatic rings. The minimum absolute atomic E-state index is 0. The van der Waals surface area contributed by atoms with Gasteiger partial charge in [0, 0.05) is 43.0 Å². The smallest absolute Gasteiger partial charge is 0.165 e. The molecule has 0 spiro atoms. The number of fused-ring (bicyclic) bond motifs is 2. The molecule has 0 bridgehead atoms. The molecule has 4 nitrogen and oxygen atoms in total. The second kappa shape index (κ2) is 15.1. The van der Waals surface area contributed by atoms with Gasteiger partial charge in [-0.2, -0.15) is 0 Å². The normalized spacial score (nSPS) is 16.5. The maximum atomic E-state index is 5.21. The molecule has 6 heteroatoms. The average Bonchev–Trinajstić information content (AvgIpc) is 3.51. The molecule has 0 N–H and O–H groups in total. The zero-order chi connectivity index (χ0) is 41.6. The molecule has 2 aromatic heterocycles. The van der Waals surface area contributed by atoms with E-state index in [1.807, 2.05) is 12.3 Å². The summed E-state index contributed by atoms with van der Waals surface area (Å²) in [5.41, 5.74) is 17.6. The molecule has 2 aliphatic carbocycles. The van der Waals surface area contributed by atoms with E-state index in [4.69, 9.17) is 19.9 Å². The largest absolute Gasteiger partial charge is 0.304 e. The number of benzene rings is 5. The molecule has 2 heterocycles. The van der Waals surface area contributed by atoms with E-state index in [9.17, 15) is 0 Å². The molecule has 2 aliphatic rings. The fraction of sp³-hybridized carbons (Fsp3) is 0.296. The minimum Gasteiger partial charge on any atom is -0.304 e. The first-order valence-corrected chi connectivity index (χ1v) is 21.6. The van der Waals surface area contributed by atoms with Gasteiger partial charge in [0.05, 0.1) is 0 Å². The third-order valence-corrected chi connectivity index (χ3v) is 13.5. The Morgan fingerprint density at radius 2 is 0.983 bits per heavy atom. The average molecular weight is 1030 g/mol. The van der Waals surface area contributed by atoms with Crippen LogP contribution in [0.1, 0.15) is 102 Å². The topological polar surface area (TPSA) is 51.6 Å². The molecule has 0 fully saturated rings. The van der Waals surface area contributed by atoms with Gasteiger partial charge in [0.15, 0.2) is 17.5 Å². The van der Waals surface area contributed by atoms with Gasteiger partial charge in [-0.1, -0.05) is 177 Å². The van der Waals surface area contributed by atoms with E-state index >= 15 is 0 Å². The fourth-order valence-electron chi connectivity index (χ4n) is 10.6. The fourth-order valence-corrected chi connectivity index (χ4v) is 11.2. The molecule has 305 valence electrons. The zero-order valence-electron chi connectivity index (χ0n) is 36.3. The van der Waals surface area contributed by atoms with Gasteiger partial charge >= 0.3 is 0 Å². The van der Waals surface area contributed by atoms with Crippen LogP contribution >= 0.6 is 15.9 Å². The van der Waals surface area contributed by atoms with Gasteiger partial charge in [-0.15, -0.1) is 23.8 Å². The Labute approximate surface area is 378 Å². The Morgan fingerprint density at radius 1 is 0.500 bits per heavy atom. The van der Waals surface area contributed by atoms with Crippen molar-refractivity contribution in [1.29, 1.82) is 0 Å². The van der Waals surface area contributed by atoms with Gasteiger partial charge < -0.3 is 4.98 Å². The Kier molecular flexibility index (Phi) is 10.6. The van der Waals surface area contributed by atoms with Crippen molar-refractivity contribution in [3.63, 3.8) is 0 Å². The number of pyridine rings is 1. The van der Waals surface area contributed by atoms with E-state index in [-0.39, 0.29) is 41.8 Å². The summed E-state index contributed by atoms with van der Waals surface area (Å²) in [6, 6.07) is 40.7. The van der Waals surface area contributed by atoms with Crippen LogP contribution in [0.25, 0.3) is 67.7 Å². The Bertz CT molecular complexity index is 2700. The van der Waals surface area contributed by atoms with E-state index in [2.05, 4.69) is 188 Å². The number of aryl methyl sites for hydroxylation is 2. The van der Waals surface area contributed by atoms with Gasteiger partial charge in [0.25, 0.3) is 0 Å². The molecule has 5 aromatic carbocycles. The Morgan fingerprint density at radius 3 is 1.48 bits per heavy atom. The third-order valence-electron chi connectivity index (χ3n) is 12.8. The molecule has 0 saturated carbocycles. The van der Waals surface area contributed by atoms with Gasteiger partial charge in [0.2, 0.25) is 0 Å². The molecular formula is C54H52BrIrN4-. The van der Waals surface area contributed by atoms with Crippen LogP contribution in [0, 0.1) is 19.9 Å². The monoisotopic (exact) mass is 1030 g/mol. The van der Waals surface area contributed by atoms with E-state index in [0.29, 0.717) is 17.5 Å². The van der Waals surface area contributed by atoms with Gasteiger partial charge in [-0.25, -0.2) is 15.0 Å². The number of hydrogen-bond donors (Lipinski definition) is 0. The van der Waals surface area contributed by atoms with Crippen LogP contribution in [-0.4, -0.2) is 19.9 Å². The first-order valence-electron chi connectivity index (χ1n) is 20.8. The summed E-state index contributed by atoms with van der Waals surface area (Å²) in [7, 11) is 0. The molecule has 0 amide bonds. The summed E-state index contributed by atoms with van der Waals surface area (Å²) in [4.78, 5) is 20.5. The Balaban J connectivity index is 0.00000499. The maximum Gasteiger partial charge on any atom is 0.165 e. The summed E-state index contributed by atoms with van der Waals surface area (Å²) in [6.07, 6.45) is 4.08. The molecule has 0 unspecified atom stereocenters. The Hall–Kier alpha value is -4.61. The van der Waals surface area contributed by atoms with Crippen molar-refractivity contribution < 1.29 is 20.1 Å². The van der Waals surface area contributed by atoms with Crippen molar-refractivity contribution in [3.05, 3.63) is 153 Å². The van der Waals surface area contributed by atoms with Crippen LogP contribution in [0.5, 0.6) is 0 Å². The quantitative estimate of drug-likeness (QED) is 0.156. The van der Waals surface area contributed by atoms with Crippen LogP contribution in [0.3, 0.4) is 0 Å². The van der Waals surface area contributed by atoms with E-state index in [0.717, 1.165) is 56.4 Å².